The maximum Gasteiger partial charge on any atom is 0.179 e. The first kappa shape index (κ1) is 9.13. The van der Waals surface area contributed by atoms with E-state index in [1.54, 1.807) is 19.4 Å². The van der Waals surface area contributed by atoms with E-state index in [0.29, 0.717) is 23.3 Å². The molecular weight excluding hydrogens is 178 g/mol. The Morgan fingerprint density at radius 1 is 1.50 bits per heavy atom. The number of ether oxygens (including phenoxy) is 2. The van der Waals surface area contributed by atoms with Gasteiger partial charge in [-0.3, -0.25) is 0 Å². The van der Waals surface area contributed by atoms with Crippen LogP contribution in [0.2, 0.25) is 5.15 Å². The Bertz CT molecular complexity index is 265. The highest BCUT2D eigenvalue weighted by Crippen LogP contribution is 2.27. The Hall–Kier alpha value is -0.960. The summed E-state index contributed by atoms with van der Waals surface area (Å²) in [5.41, 5.74) is 0. The molecule has 66 valence electrons. The van der Waals surface area contributed by atoms with Gasteiger partial charge < -0.3 is 9.47 Å². The van der Waals surface area contributed by atoms with Crippen molar-refractivity contribution in [3.8, 4) is 11.5 Å². The predicted octanol–water partition coefficient (Wildman–Crippen LogP) is 2.14. The summed E-state index contributed by atoms with van der Waals surface area (Å²) in [6.07, 6.45) is 1.55. The van der Waals surface area contributed by atoms with Crippen molar-refractivity contribution in [1.29, 1.82) is 0 Å². The molecule has 1 aromatic rings. The molecule has 0 unspecified atom stereocenters. The molecule has 0 fully saturated rings. The minimum absolute atomic E-state index is 0.398. The van der Waals surface area contributed by atoms with E-state index in [0.717, 1.165) is 0 Å². The second-order valence-electron chi connectivity index (χ2n) is 2.09. The van der Waals surface area contributed by atoms with Crippen LogP contribution in [0, 0.1) is 0 Å². The van der Waals surface area contributed by atoms with Crippen LogP contribution in [-0.4, -0.2) is 18.7 Å². The van der Waals surface area contributed by atoms with Gasteiger partial charge in [-0.2, -0.15) is 0 Å². The van der Waals surface area contributed by atoms with E-state index in [1.807, 2.05) is 6.92 Å². The standard InChI is InChI=1S/C8H10ClNO2/c1-3-12-7-5-10-8(9)4-6(7)11-2/h4-5H,3H2,1-2H3. The third-order valence-electron chi connectivity index (χ3n) is 1.32. The van der Waals surface area contributed by atoms with Gasteiger partial charge in [0.2, 0.25) is 0 Å². The van der Waals surface area contributed by atoms with Crippen LogP contribution in [0.5, 0.6) is 11.5 Å². The van der Waals surface area contributed by atoms with E-state index in [-0.39, 0.29) is 0 Å². The smallest absolute Gasteiger partial charge is 0.179 e. The molecule has 0 aliphatic rings. The highest BCUT2D eigenvalue weighted by Gasteiger charge is 2.04. The van der Waals surface area contributed by atoms with Crippen LogP contribution in [0.25, 0.3) is 0 Å². The molecule has 0 saturated carbocycles. The lowest BCUT2D eigenvalue weighted by Gasteiger charge is -2.07. The number of aromatic nitrogens is 1. The van der Waals surface area contributed by atoms with E-state index in [9.17, 15) is 0 Å². The van der Waals surface area contributed by atoms with Crippen molar-refractivity contribution in [2.24, 2.45) is 0 Å². The maximum atomic E-state index is 5.65. The Morgan fingerprint density at radius 2 is 2.25 bits per heavy atom. The van der Waals surface area contributed by atoms with Crippen LogP contribution in [0.15, 0.2) is 12.3 Å². The lowest BCUT2D eigenvalue weighted by molar-refractivity contribution is 0.309. The van der Waals surface area contributed by atoms with Crippen LogP contribution in [-0.2, 0) is 0 Å². The number of pyridine rings is 1. The van der Waals surface area contributed by atoms with Crippen LogP contribution in [0.4, 0.5) is 0 Å². The van der Waals surface area contributed by atoms with Gasteiger partial charge in [-0.15, -0.1) is 0 Å². The van der Waals surface area contributed by atoms with Crippen LogP contribution < -0.4 is 9.47 Å². The zero-order chi connectivity index (χ0) is 8.97. The average Bonchev–Trinajstić information content (AvgIpc) is 2.08. The van der Waals surface area contributed by atoms with Gasteiger partial charge in [0, 0.05) is 6.07 Å². The zero-order valence-electron chi connectivity index (χ0n) is 7.00. The molecular formula is C8H10ClNO2. The van der Waals surface area contributed by atoms with Gasteiger partial charge in [0.05, 0.1) is 19.9 Å². The SMILES string of the molecule is CCOc1cnc(Cl)cc1OC. The Kier molecular flexibility index (Phi) is 3.17. The molecule has 0 radical (unpaired) electrons. The maximum absolute atomic E-state index is 5.65. The summed E-state index contributed by atoms with van der Waals surface area (Å²) in [4.78, 5) is 3.87. The van der Waals surface area contributed by atoms with Crippen molar-refractivity contribution in [3.05, 3.63) is 17.4 Å². The number of rotatable bonds is 3. The summed E-state index contributed by atoms with van der Waals surface area (Å²) in [6.45, 7) is 2.48. The molecule has 1 heterocycles. The van der Waals surface area contributed by atoms with Crippen molar-refractivity contribution in [2.45, 2.75) is 6.92 Å². The van der Waals surface area contributed by atoms with Gasteiger partial charge in [0.1, 0.15) is 5.15 Å². The van der Waals surface area contributed by atoms with Crippen LogP contribution in [0.1, 0.15) is 6.92 Å². The summed E-state index contributed by atoms with van der Waals surface area (Å²) < 4.78 is 10.3. The molecule has 0 aliphatic carbocycles. The summed E-state index contributed by atoms with van der Waals surface area (Å²) >= 11 is 5.65. The van der Waals surface area contributed by atoms with Crippen molar-refractivity contribution < 1.29 is 9.47 Å². The third kappa shape index (κ3) is 2.01. The van der Waals surface area contributed by atoms with Crippen molar-refractivity contribution in [2.75, 3.05) is 13.7 Å². The molecule has 0 aromatic carbocycles. The van der Waals surface area contributed by atoms with E-state index >= 15 is 0 Å². The van der Waals surface area contributed by atoms with Gasteiger partial charge >= 0.3 is 0 Å². The molecule has 1 aromatic heterocycles. The first-order valence-electron chi connectivity index (χ1n) is 3.60. The normalized spacial score (nSPS) is 9.58. The average molecular weight is 188 g/mol. The summed E-state index contributed by atoms with van der Waals surface area (Å²) in [6, 6.07) is 1.62. The summed E-state index contributed by atoms with van der Waals surface area (Å²) in [5, 5.41) is 0.398. The predicted molar refractivity (Wildman–Crippen MR) is 47.0 cm³/mol. The largest absolute Gasteiger partial charge is 0.493 e. The van der Waals surface area contributed by atoms with Crippen LogP contribution >= 0.6 is 11.6 Å². The number of hydrogen-bond donors (Lipinski definition) is 0. The molecule has 0 atom stereocenters. The second-order valence-corrected chi connectivity index (χ2v) is 2.48. The molecule has 0 spiro atoms. The Balaban J connectivity index is 2.94. The molecule has 0 saturated heterocycles. The summed E-state index contributed by atoms with van der Waals surface area (Å²) in [7, 11) is 1.56. The zero-order valence-corrected chi connectivity index (χ0v) is 7.76. The first-order valence-corrected chi connectivity index (χ1v) is 3.98. The minimum atomic E-state index is 0.398. The lowest BCUT2D eigenvalue weighted by Crippen LogP contribution is -1.95. The highest BCUT2D eigenvalue weighted by molar-refractivity contribution is 6.29. The molecule has 4 heteroatoms. The quantitative estimate of drug-likeness (QED) is 0.680. The molecule has 3 nitrogen and oxygen atoms in total. The lowest BCUT2D eigenvalue weighted by atomic mass is 10.4. The van der Waals surface area contributed by atoms with Gasteiger partial charge in [0.15, 0.2) is 11.5 Å². The van der Waals surface area contributed by atoms with E-state index in [1.165, 1.54) is 0 Å². The van der Waals surface area contributed by atoms with Gasteiger partial charge in [-0.25, -0.2) is 4.98 Å². The molecule has 1 rings (SSSR count). The minimum Gasteiger partial charge on any atom is -0.493 e. The van der Waals surface area contributed by atoms with E-state index < -0.39 is 0 Å². The highest BCUT2D eigenvalue weighted by atomic mass is 35.5. The number of halogens is 1. The van der Waals surface area contributed by atoms with Crippen LogP contribution in [0.3, 0.4) is 0 Å². The van der Waals surface area contributed by atoms with Gasteiger partial charge in [-0.05, 0) is 6.92 Å². The molecule has 12 heavy (non-hydrogen) atoms. The van der Waals surface area contributed by atoms with Crippen molar-refractivity contribution in [1.82, 2.24) is 4.98 Å². The first-order chi connectivity index (χ1) is 5.77. The Labute approximate surface area is 76.3 Å². The number of methoxy groups -OCH3 is 1. The number of nitrogens with zero attached hydrogens (tertiary/aromatic N) is 1. The molecule has 0 bridgehead atoms. The van der Waals surface area contributed by atoms with Crippen molar-refractivity contribution in [3.63, 3.8) is 0 Å². The second kappa shape index (κ2) is 4.16. The monoisotopic (exact) mass is 187 g/mol. The fourth-order valence-electron chi connectivity index (χ4n) is 0.824. The fraction of sp³-hybridized carbons (Fsp3) is 0.375. The number of hydrogen-bond acceptors (Lipinski definition) is 3. The Morgan fingerprint density at radius 3 is 2.83 bits per heavy atom. The third-order valence-corrected chi connectivity index (χ3v) is 1.52. The molecule has 0 aliphatic heterocycles. The fourth-order valence-corrected chi connectivity index (χ4v) is 0.972. The molecule has 0 amide bonds. The topological polar surface area (TPSA) is 31.4 Å². The van der Waals surface area contributed by atoms with E-state index in [2.05, 4.69) is 4.98 Å². The summed E-state index contributed by atoms with van der Waals surface area (Å²) in [5.74, 6) is 1.22. The molecule has 0 N–H and O–H groups in total. The van der Waals surface area contributed by atoms with E-state index in [4.69, 9.17) is 21.1 Å². The van der Waals surface area contributed by atoms with Gasteiger partial charge in [0.25, 0.3) is 0 Å². The van der Waals surface area contributed by atoms with Gasteiger partial charge in [-0.1, -0.05) is 11.6 Å². The van der Waals surface area contributed by atoms with Crippen molar-refractivity contribution >= 4 is 11.6 Å².